The molecule has 1 aliphatic heterocycles. The number of anilines is 1. The number of nitrogens with zero attached hydrogens (tertiary/aromatic N) is 1. The second-order valence-corrected chi connectivity index (χ2v) is 8.54. The lowest BCUT2D eigenvalue weighted by atomic mass is 10.1. The summed E-state index contributed by atoms with van der Waals surface area (Å²) < 4.78 is 35.7. The van der Waals surface area contributed by atoms with E-state index in [9.17, 15) is 17.6 Å². The van der Waals surface area contributed by atoms with Gasteiger partial charge in [0.15, 0.2) is 9.84 Å². The first-order valence-electron chi connectivity index (χ1n) is 8.37. The Kier molecular flexibility index (Phi) is 5.51. The van der Waals surface area contributed by atoms with E-state index < -0.39 is 9.84 Å². The molecule has 8 heteroatoms. The Balaban J connectivity index is 1.48. The molecule has 1 aromatic carbocycles. The lowest BCUT2D eigenvalue weighted by molar-refractivity contribution is 0.0936. The molecule has 26 heavy (non-hydrogen) atoms. The number of nitrogens with one attached hydrogen (secondary N) is 2. The minimum atomic E-state index is -3.03. The molecule has 138 valence electrons. The summed E-state index contributed by atoms with van der Waals surface area (Å²) in [5.41, 5.74) is 2.04. The van der Waals surface area contributed by atoms with Crippen LogP contribution in [-0.2, 0) is 16.3 Å². The summed E-state index contributed by atoms with van der Waals surface area (Å²) in [6.07, 6.45) is 2.74. The third kappa shape index (κ3) is 5.01. The van der Waals surface area contributed by atoms with E-state index in [1.165, 1.54) is 12.1 Å². The number of carbonyl (C=O) groups is 1. The molecule has 0 saturated carbocycles. The summed E-state index contributed by atoms with van der Waals surface area (Å²) in [7, 11) is -3.03. The molecule has 1 saturated heterocycles. The highest BCUT2D eigenvalue weighted by Crippen LogP contribution is 2.13. The molecule has 1 aromatic heterocycles. The number of hydrogen-bond donors (Lipinski definition) is 2. The van der Waals surface area contributed by atoms with Crippen molar-refractivity contribution < 1.29 is 17.6 Å². The molecular formula is C18H20FN3O3S. The van der Waals surface area contributed by atoms with Crippen molar-refractivity contribution in [3.8, 4) is 0 Å². The van der Waals surface area contributed by atoms with Gasteiger partial charge in [-0.2, -0.15) is 0 Å². The molecular weight excluding hydrogens is 357 g/mol. The molecule has 1 atom stereocenters. The van der Waals surface area contributed by atoms with Crippen LogP contribution in [0.25, 0.3) is 0 Å². The predicted octanol–water partition coefficient (Wildman–Crippen LogP) is 1.79. The van der Waals surface area contributed by atoms with E-state index in [-0.39, 0.29) is 35.0 Å². The van der Waals surface area contributed by atoms with Gasteiger partial charge in [-0.05, 0) is 42.7 Å². The van der Waals surface area contributed by atoms with Crippen LogP contribution >= 0.6 is 0 Å². The zero-order valence-electron chi connectivity index (χ0n) is 14.1. The number of pyridine rings is 1. The van der Waals surface area contributed by atoms with Crippen molar-refractivity contribution >= 4 is 21.4 Å². The number of benzene rings is 1. The van der Waals surface area contributed by atoms with E-state index in [1.807, 2.05) is 0 Å². The SMILES string of the molecule is O=C(NC1CCS(=O)(=O)C1)c1ccc(NCCc2ccc(F)cc2)cn1. The van der Waals surface area contributed by atoms with Crippen LogP contribution in [0.4, 0.5) is 10.1 Å². The van der Waals surface area contributed by atoms with Gasteiger partial charge in [0.05, 0.1) is 23.4 Å². The van der Waals surface area contributed by atoms with Gasteiger partial charge in [-0.25, -0.2) is 17.8 Å². The number of halogens is 1. The van der Waals surface area contributed by atoms with Gasteiger partial charge in [0.25, 0.3) is 5.91 Å². The normalized spacial score (nSPS) is 18.4. The monoisotopic (exact) mass is 377 g/mol. The molecule has 1 amide bonds. The summed E-state index contributed by atoms with van der Waals surface area (Å²) in [5, 5.41) is 5.90. The molecule has 0 aliphatic carbocycles. The highest BCUT2D eigenvalue weighted by Gasteiger charge is 2.29. The third-order valence-electron chi connectivity index (χ3n) is 4.22. The fourth-order valence-electron chi connectivity index (χ4n) is 2.80. The Morgan fingerprint density at radius 3 is 2.58 bits per heavy atom. The number of carbonyl (C=O) groups excluding carboxylic acids is 1. The summed E-state index contributed by atoms with van der Waals surface area (Å²) in [6, 6.07) is 9.34. The summed E-state index contributed by atoms with van der Waals surface area (Å²) >= 11 is 0. The Labute approximate surface area is 151 Å². The highest BCUT2D eigenvalue weighted by atomic mass is 32.2. The average Bonchev–Trinajstić information content (AvgIpc) is 2.96. The van der Waals surface area contributed by atoms with E-state index >= 15 is 0 Å². The van der Waals surface area contributed by atoms with E-state index in [2.05, 4.69) is 15.6 Å². The van der Waals surface area contributed by atoms with E-state index in [0.717, 1.165) is 17.7 Å². The fraction of sp³-hybridized carbons (Fsp3) is 0.333. The maximum absolute atomic E-state index is 12.9. The summed E-state index contributed by atoms with van der Waals surface area (Å²) in [4.78, 5) is 16.3. The molecule has 2 aromatic rings. The van der Waals surface area contributed by atoms with Crippen LogP contribution in [0.1, 0.15) is 22.5 Å². The van der Waals surface area contributed by atoms with Crippen molar-refractivity contribution in [2.75, 3.05) is 23.4 Å². The van der Waals surface area contributed by atoms with Crippen LogP contribution in [0.3, 0.4) is 0 Å². The highest BCUT2D eigenvalue weighted by molar-refractivity contribution is 7.91. The van der Waals surface area contributed by atoms with Crippen molar-refractivity contribution in [1.82, 2.24) is 10.3 Å². The van der Waals surface area contributed by atoms with Crippen LogP contribution in [-0.4, -0.2) is 43.4 Å². The van der Waals surface area contributed by atoms with Gasteiger partial charge in [0.1, 0.15) is 11.5 Å². The largest absolute Gasteiger partial charge is 0.383 e. The van der Waals surface area contributed by atoms with Crippen molar-refractivity contribution in [1.29, 1.82) is 0 Å². The second-order valence-electron chi connectivity index (χ2n) is 6.31. The third-order valence-corrected chi connectivity index (χ3v) is 5.99. The minimum Gasteiger partial charge on any atom is -0.383 e. The lowest BCUT2D eigenvalue weighted by Crippen LogP contribution is -2.36. The van der Waals surface area contributed by atoms with Gasteiger partial charge in [0.2, 0.25) is 0 Å². The van der Waals surface area contributed by atoms with Gasteiger partial charge in [-0.1, -0.05) is 12.1 Å². The molecule has 1 unspecified atom stereocenters. The van der Waals surface area contributed by atoms with E-state index in [1.54, 1.807) is 30.5 Å². The molecule has 3 rings (SSSR count). The summed E-state index contributed by atoms with van der Waals surface area (Å²) in [5.74, 6) is -0.524. The van der Waals surface area contributed by atoms with Gasteiger partial charge in [-0.3, -0.25) is 4.79 Å². The second kappa shape index (κ2) is 7.82. The topological polar surface area (TPSA) is 88.2 Å². The fourth-order valence-corrected chi connectivity index (χ4v) is 4.48. The Morgan fingerprint density at radius 1 is 1.19 bits per heavy atom. The van der Waals surface area contributed by atoms with Gasteiger partial charge < -0.3 is 10.6 Å². The van der Waals surface area contributed by atoms with Crippen LogP contribution in [0.2, 0.25) is 0 Å². The van der Waals surface area contributed by atoms with Crippen molar-refractivity contribution in [3.05, 3.63) is 59.7 Å². The zero-order chi connectivity index (χ0) is 18.6. The first-order chi connectivity index (χ1) is 12.4. The first-order valence-corrected chi connectivity index (χ1v) is 10.2. The quantitative estimate of drug-likeness (QED) is 0.801. The Hall–Kier alpha value is -2.48. The van der Waals surface area contributed by atoms with E-state index in [4.69, 9.17) is 0 Å². The molecule has 0 radical (unpaired) electrons. The molecule has 1 fully saturated rings. The predicted molar refractivity (Wildman–Crippen MR) is 97.4 cm³/mol. The Morgan fingerprint density at radius 2 is 1.96 bits per heavy atom. The first kappa shape index (κ1) is 18.3. The van der Waals surface area contributed by atoms with Crippen LogP contribution < -0.4 is 10.6 Å². The summed E-state index contributed by atoms with van der Waals surface area (Å²) in [6.45, 7) is 0.652. The van der Waals surface area contributed by atoms with Crippen LogP contribution in [0.5, 0.6) is 0 Å². The van der Waals surface area contributed by atoms with Crippen LogP contribution in [0, 0.1) is 5.82 Å². The molecule has 6 nitrogen and oxygen atoms in total. The van der Waals surface area contributed by atoms with Crippen LogP contribution in [0.15, 0.2) is 42.6 Å². The zero-order valence-corrected chi connectivity index (χ0v) is 14.9. The molecule has 0 spiro atoms. The maximum atomic E-state index is 12.9. The number of hydrogen-bond acceptors (Lipinski definition) is 5. The smallest absolute Gasteiger partial charge is 0.270 e. The van der Waals surface area contributed by atoms with Crippen molar-refractivity contribution in [2.45, 2.75) is 18.9 Å². The van der Waals surface area contributed by atoms with E-state index in [0.29, 0.717) is 13.0 Å². The number of sulfone groups is 1. The van der Waals surface area contributed by atoms with Gasteiger partial charge in [0, 0.05) is 12.6 Å². The maximum Gasteiger partial charge on any atom is 0.270 e. The number of amides is 1. The van der Waals surface area contributed by atoms with Crippen molar-refractivity contribution in [3.63, 3.8) is 0 Å². The van der Waals surface area contributed by atoms with Crippen molar-refractivity contribution in [2.24, 2.45) is 0 Å². The minimum absolute atomic E-state index is 0.0121. The molecule has 1 aliphatic rings. The average molecular weight is 377 g/mol. The van der Waals surface area contributed by atoms with Gasteiger partial charge in [-0.15, -0.1) is 0 Å². The number of rotatable bonds is 6. The molecule has 2 heterocycles. The number of aromatic nitrogens is 1. The standard InChI is InChI=1S/C18H20FN3O3S/c19-14-3-1-13(2-4-14)7-9-20-15-5-6-17(21-11-15)18(23)22-16-8-10-26(24,25)12-16/h1-6,11,16,20H,7-10,12H2,(H,22,23). The Bertz CT molecular complexity index is 868. The molecule has 2 N–H and O–H groups in total. The molecule has 0 bridgehead atoms. The van der Waals surface area contributed by atoms with Gasteiger partial charge >= 0.3 is 0 Å². The lowest BCUT2D eigenvalue weighted by Gasteiger charge is -2.11.